The average Bonchev–Trinajstić information content (AvgIpc) is 2.99. The second-order valence-corrected chi connectivity index (χ2v) is 7.74. The largest absolute Gasteiger partial charge is 0.465 e. The summed E-state index contributed by atoms with van der Waals surface area (Å²) in [6.45, 7) is 2.06. The zero-order valence-electron chi connectivity index (χ0n) is 15.3. The lowest BCUT2D eigenvalue weighted by atomic mass is 10.2. The Morgan fingerprint density at radius 3 is 2.71 bits per heavy atom. The van der Waals surface area contributed by atoms with E-state index >= 15 is 0 Å². The van der Waals surface area contributed by atoms with Crippen LogP contribution in [0.3, 0.4) is 0 Å². The SMILES string of the molecule is COC(=O)c1cccc(Sc2c(C)n(-c3ccccn3)c3cc(Cl)ccc23)c1. The van der Waals surface area contributed by atoms with Crippen LogP contribution >= 0.6 is 23.4 Å². The van der Waals surface area contributed by atoms with E-state index in [1.807, 2.05) is 54.6 Å². The number of benzene rings is 2. The summed E-state index contributed by atoms with van der Waals surface area (Å²) in [5, 5.41) is 1.76. The molecule has 2 aromatic carbocycles. The first-order chi connectivity index (χ1) is 13.6. The van der Waals surface area contributed by atoms with Crippen molar-refractivity contribution >= 4 is 40.2 Å². The Balaban J connectivity index is 1.87. The van der Waals surface area contributed by atoms with E-state index in [1.165, 1.54) is 7.11 Å². The van der Waals surface area contributed by atoms with Crippen LogP contribution < -0.4 is 0 Å². The van der Waals surface area contributed by atoms with Crippen LogP contribution in [0.25, 0.3) is 16.7 Å². The van der Waals surface area contributed by atoms with Gasteiger partial charge in [0.05, 0.1) is 18.2 Å². The zero-order valence-corrected chi connectivity index (χ0v) is 16.9. The molecule has 0 spiro atoms. The standard InChI is InChI=1S/C22H17ClN2O2S/c1-14-21(28-17-7-5-6-15(12-17)22(26)27-2)18-10-9-16(23)13-19(18)25(14)20-8-3-4-11-24-20/h3-13H,1-2H3. The maximum absolute atomic E-state index is 11.9. The van der Waals surface area contributed by atoms with Crippen molar-refractivity contribution in [3.05, 3.63) is 83.1 Å². The van der Waals surface area contributed by atoms with Gasteiger partial charge in [0.15, 0.2) is 0 Å². The maximum atomic E-state index is 11.9. The minimum absolute atomic E-state index is 0.345. The van der Waals surface area contributed by atoms with Gasteiger partial charge < -0.3 is 4.74 Å². The number of carbonyl (C=O) groups is 1. The topological polar surface area (TPSA) is 44.1 Å². The fourth-order valence-electron chi connectivity index (χ4n) is 3.19. The first-order valence-electron chi connectivity index (χ1n) is 8.66. The van der Waals surface area contributed by atoms with Gasteiger partial charge in [-0.3, -0.25) is 4.57 Å². The summed E-state index contributed by atoms with van der Waals surface area (Å²) < 4.78 is 6.94. The quantitative estimate of drug-likeness (QED) is 0.393. The molecule has 0 aliphatic carbocycles. The molecule has 4 aromatic rings. The third kappa shape index (κ3) is 3.39. The van der Waals surface area contributed by atoms with E-state index in [9.17, 15) is 4.79 Å². The normalized spacial score (nSPS) is 11.0. The van der Waals surface area contributed by atoms with E-state index in [1.54, 1.807) is 24.0 Å². The van der Waals surface area contributed by atoms with Crippen LogP contribution in [-0.2, 0) is 4.74 Å². The number of carbonyl (C=O) groups excluding carboxylic acids is 1. The van der Waals surface area contributed by atoms with Crippen molar-refractivity contribution in [2.24, 2.45) is 0 Å². The van der Waals surface area contributed by atoms with Gasteiger partial charge in [-0.2, -0.15) is 0 Å². The number of ether oxygens (including phenoxy) is 1. The van der Waals surface area contributed by atoms with Crippen molar-refractivity contribution in [3.8, 4) is 5.82 Å². The number of methoxy groups -OCH3 is 1. The molecule has 0 aliphatic rings. The summed E-state index contributed by atoms with van der Waals surface area (Å²) in [6.07, 6.45) is 1.78. The fraction of sp³-hybridized carbons (Fsp3) is 0.0909. The Morgan fingerprint density at radius 1 is 1.11 bits per heavy atom. The molecule has 6 heteroatoms. The van der Waals surface area contributed by atoms with Crippen molar-refractivity contribution in [2.45, 2.75) is 16.7 Å². The maximum Gasteiger partial charge on any atom is 0.337 e. The fourth-order valence-corrected chi connectivity index (χ4v) is 4.45. The van der Waals surface area contributed by atoms with E-state index in [-0.39, 0.29) is 5.97 Å². The Kier molecular flexibility index (Phi) is 5.11. The number of rotatable bonds is 4. The molecule has 0 fully saturated rings. The van der Waals surface area contributed by atoms with Gasteiger partial charge in [-0.1, -0.05) is 41.6 Å². The highest BCUT2D eigenvalue weighted by molar-refractivity contribution is 7.99. The number of hydrogen-bond donors (Lipinski definition) is 0. The lowest BCUT2D eigenvalue weighted by molar-refractivity contribution is 0.0600. The van der Waals surface area contributed by atoms with Gasteiger partial charge in [0.2, 0.25) is 0 Å². The van der Waals surface area contributed by atoms with Gasteiger partial charge in [0.1, 0.15) is 5.82 Å². The van der Waals surface area contributed by atoms with Crippen LogP contribution in [0, 0.1) is 6.92 Å². The number of nitrogens with zero attached hydrogens (tertiary/aromatic N) is 2. The molecular weight excluding hydrogens is 392 g/mol. The molecule has 0 bridgehead atoms. The van der Waals surface area contributed by atoms with E-state index < -0.39 is 0 Å². The Hall–Kier alpha value is -2.76. The van der Waals surface area contributed by atoms with E-state index in [0.717, 1.165) is 32.2 Å². The molecule has 0 unspecified atom stereocenters. The molecule has 0 saturated heterocycles. The van der Waals surface area contributed by atoms with Gasteiger partial charge in [-0.05, 0) is 49.4 Å². The van der Waals surface area contributed by atoms with Crippen molar-refractivity contribution in [2.75, 3.05) is 7.11 Å². The van der Waals surface area contributed by atoms with Crippen LogP contribution in [0.2, 0.25) is 5.02 Å². The van der Waals surface area contributed by atoms with Crippen molar-refractivity contribution in [1.82, 2.24) is 9.55 Å². The molecule has 4 nitrogen and oxygen atoms in total. The summed E-state index contributed by atoms with van der Waals surface area (Å²) in [6, 6.07) is 19.1. The van der Waals surface area contributed by atoms with Crippen LogP contribution in [0.1, 0.15) is 16.1 Å². The predicted molar refractivity (Wildman–Crippen MR) is 113 cm³/mol. The molecule has 0 amide bonds. The van der Waals surface area contributed by atoms with E-state index in [0.29, 0.717) is 10.6 Å². The molecule has 0 aliphatic heterocycles. The molecular formula is C22H17ClN2O2S. The second-order valence-electron chi connectivity index (χ2n) is 6.22. The smallest absolute Gasteiger partial charge is 0.337 e. The number of aromatic nitrogens is 2. The van der Waals surface area contributed by atoms with Gasteiger partial charge in [-0.25, -0.2) is 9.78 Å². The predicted octanol–water partition coefficient (Wildman–Crippen LogP) is 5.93. The molecule has 140 valence electrons. The minimum atomic E-state index is -0.345. The van der Waals surface area contributed by atoms with Crippen molar-refractivity contribution in [3.63, 3.8) is 0 Å². The number of pyridine rings is 1. The van der Waals surface area contributed by atoms with Gasteiger partial charge in [0, 0.05) is 32.1 Å². The van der Waals surface area contributed by atoms with Crippen molar-refractivity contribution in [1.29, 1.82) is 0 Å². The monoisotopic (exact) mass is 408 g/mol. The van der Waals surface area contributed by atoms with Crippen LogP contribution in [0.4, 0.5) is 0 Å². The average molecular weight is 409 g/mol. The molecule has 0 N–H and O–H groups in total. The third-order valence-corrected chi connectivity index (χ3v) is 5.91. The number of esters is 1. The highest BCUT2D eigenvalue weighted by Crippen LogP contribution is 2.40. The zero-order chi connectivity index (χ0) is 19.7. The minimum Gasteiger partial charge on any atom is -0.465 e. The Morgan fingerprint density at radius 2 is 1.96 bits per heavy atom. The van der Waals surface area contributed by atoms with Crippen LogP contribution in [0.15, 0.2) is 76.7 Å². The first-order valence-corrected chi connectivity index (χ1v) is 9.86. The van der Waals surface area contributed by atoms with Crippen LogP contribution in [0.5, 0.6) is 0 Å². The summed E-state index contributed by atoms with van der Waals surface area (Å²) in [4.78, 5) is 18.4. The number of halogens is 1. The van der Waals surface area contributed by atoms with Crippen LogP contribution in [-0.4, -0.2) is 22.6 Å². The van der Waals surface area contributed by atoms with E-state index in [4.69, 9.17) is 16.3 Å². The summed E-state index contributed by atoms with van der Waals surface area (Å²) in [5.41, 5.74) is 2.58. The van der Waals surface area contributed by atoms with Gasteiger partial charge >= 0.3 is 5.97 Å². The lowest BCUT2D eigenvalue weighted by Gasteiger charge is -2.08. The first kappa shape index (κ1) is 18.6. The van der Waals surface area contributed by atoms with E-state index in [2.05, 4.69) is 16.5 Å². The Labute approximate surface area is 172 Å². The Bertz CT molecular complexity index is 1170. The molecule has 2 aromatic heterocycles. The molecule has 0 atom stereocenters. The third-order valence-electron chi connectivity index (χ3n) is 4.46. The van der Waals surface area contributed by atoms with Gasteiger partial charge in [0.25, 0.3) is 0 Å². The summed E-state index contributed by atoms with van der Waals surface area (Å²) in [5.74, 6) is 0.490. The summed E-state index contributed by atoms with van der Waals surface area (Å²) >= 11 is 7.89. The highest BCUT2D eigenvalue weighted by atomic mass is 35.5. The summed E-state index contributed by atoms with van der Waals surface area (Å²) in [7, 11) is 1.39. The molecule has 2 heterocycles. The van der Waals surface area contributed by atoms with Gasteiger partial charge in [-0.15, -0.1) is 0 Å². The highest BCUT2D eigenvalue weighted by Gasteiger charge is 2.18. The second kappa shape index (κ2) is 7.70. The molecule has 0 radical (unpaired) electrons. The number of hydrogen-bond acceptors (Lipinski definition) is 4. The van der Waals surface area contributed by atoms with Crippen molar-refractivity contribution < 1.29 is 9.53 Å². The number of fused-ring (bicyclic) bond motifs is 1. The molecule has 0 saturated carbocycles. The molecule has 28 heavy (non-hydrogen) atoms. The molecule has 4 rings (SSSR count). The lowest BCUT2D eigenvalue weighted by Crippen LogP contribution is -2.00.